The van der Waals surface area contributed by atoms with E-state index in [1.54, 1.807) is 30.3 Å². The summed E-state index contributed by atoms with van der Waals surface area (Å²) in [5.41, 5.74) is 1.73. The molecule has 0 aliphatic carbocycles. The monoisotopic (exact) mass is 647 g/mol. The van der Waals surface area contributed by atoms with Crippen molar-refractivity contribution in [1.29, 1.82) is 0 Å². The second-order valence-corrected chi connectivity index (χ2v) is 13.1. The van der Waals surface area contributed by atoms with E-state index in [2.05, 4.69) is 5.32 Å². The summed E-state index contributed by atoms with van der Waals surface area (Å²) in [5.74, 6) is -0.277. The quantitative estimate of drug-likeness (QED) is 0.234. The average Bonchev–Trinajstić information content (AvgIpc) is 3.48. The van der Waals surface area contributed by atoms with E-state index in [9.17, 15) is 18.0 Å². The summed E-state index contributed by atoms with van der Waals surface area (Å²) in [5, 5.41) is 3.61. The lowest BCUT2D eigenvalue weighted by Crippen LogP contribution is -2.53. The van der Waals surface area contributed by atoms with E-state index < -0.39 is 28.5 Å². The first-order valence-electron chi connectivity index (χ1n) is 14.1. The molecular formula is C31H35Cl2N3O6S. The van der Waals surface area contributed by atoms with Crippen LogP contribution in [0.1, 0.15) is 37.8 Å². The summed E-state index contributed by atoms with van der Waals surface area (Å²) in [6.45, 7) is 3.45. The van der Waals surface area contributed by atoms with E-state index in [-0.39, 0.29) is 37.1 Å². The largest absolute Gasteiger partial charge is 0.454 e. The van der Waals surface area contributed by atoms with Gasteiger partial charge in [-0.25, -0.2) is 8.42 Å². The lowest BCUT2D eigenvalue weighted by molar-refractivity contribution is -0.140. The second-order valence-electron chi connectivity index (χ2n) is 10.1. The average molecular weight is 649 g/mol. The molecule has 3 aromatic rings. The molecule has 0 spiro atoms. The van der Waals surface area contributed by atoms with Crippen LogP contribution in [-0.2, 0) is 32.6 Å². The van der Waals surface area contributed by atoms with Crippen LogP contribution in [0.15, 0.2) is 66.7 Å². The summed E-state index contributed by atoms with van der Waals surface area (Å²) in [6.07, 6.45) is 1.88. The fourth-order valence-electron chi connectivity index (χ4n) is 4.65. The number of anilines is 1. The van der Waals surface area contributed by atoms with Crippen LogP contribution in [0.4, 0.5) is 5.69 Å². The van der Waals surface area contributed by atoms with Crippen LogP contribution in [0.3, 0.4) is 0 Å². The van der Waals surface area contributed by atoms with Gasteiger partial charge in [0, 0.05) is 25.6 Å². The molecule has 1 N–H and O–H groups in total. The van der Waals surface area contributed by atoms with E-state index in [0.29, 0.717) is 33.7 Å². The number of nitrogens with one attached hydrogen (secondary N) is 1. The number of carbonyl (C=O) groups excluding carboxylic acids is 2. The van der Waals surface area contributed by atoms with E-state index in [1.165, 1.54) is 17.9 Å². The van der Waals surface area contributed by atoms with E-state index in [4.69, 9.17) is 32.7 Å². The number of benzene rings is 3. The third kappa shape index (κ3) is 8.34. The molecule has 1 atom stereocenters. The van der Waals surface area contributed by atoms with Crippen molar-refractivity contribution in [3.63, 3.8) is 0 Å². The van der Waals surface area contributed by atoms with Gasteiger partial charge in [-0.05, 0) is 48.7 Å². The van der Waals surface area contributed by atoms with E-state index >= 15 is 0 Å². The van der Waals surface area contributed by atoms with Gasteiger partial charge >= 0.3 is 0 Å². The van der Waals surface area contributed by atoms with Crippen LogP contribution in [-0.4, -0.2) is 56.8 Å². The number of hydrogen-bond donors (Lipinski definition) is 1. The molecule has 0 saturated heterocycles. The zero-order valence-electron chi connectivity index (χ0n) is 24.1. The number of unbranched alkanes of at least 4 members (excludes halogenated alkanes) is 1. The molecule has 1 aliphatic rings. The van der Waals surface area contributed by atoms with Gasteiger partial charge in [-0.1, -0.05) is 72.9 Å². The molecule has 12 heteroatoms. The fraction of sp³-hybridized carbons (Fsp3) is 0.355. The number of sulfonamides is 1. The van der Waals surface area contributed by atoms with Crippen LogP contribution in [0.2, 0.25) is 10.0 Å². The predicted molar refractivity (Wildman–Crippen MR) is 168 cm³/mol. The number of rotatable bonds is 14. The van der Waals surface area contributed by atoms with Crippen LogP contribution in [0.5, 0.6) is 11.5 Å². The van der Waals surface area contributed by atoms with Crippen molar-refractivity contribution in [3.8, 4) is 11.5 Å². The number of ether oxygens (including phenoxy) is 2. The van der Waals surface area contributed by atoms with Crippen LogP contribution >= 0.6 is 23.2 Å². The van der Waals surface area contributed by atoms with Gasteiger partial charge < -0.3 is 19.7 Å². The molecule has 3 aromatic carbocycles. The molecule has 230 valence electrons. The minimum absolute atomic E-state index is 0.00439. The molecule has 1 heterocycles. The fourth-order valence-corrected chi connectivity index (χ4v) is 6.03. The highest BCUT2D eigenvalue weighted by Crippen LogP contribution is 2.36. The molecule has 43 heavy (non-hydrogen) atoms. The molecular weight excluding hydrogens is 613 g/mol. The van der Waals surface area contributed by atoms with Crippen LogP contribution in [0.25, 0.3) is 0 Å². The summed E-state index contributed by atoms with van der Waals surface area (Å²) >= 11 is 12.4. The van der Waals surface area contributed by atoms with Crippen LogP contribution < -0.4 is 19.1 Å². The van der Waals surface area contributed by atoms with Crippen molar-refractivity contribution < 1.29 is 27.5 Å². The maximum atomic E-state index is 14.3. The van der Waals surface area contributed by atoms with Crippen molar-refractivity contribution in [3.05, 3.63) is 87.9 Å². The van der Waals surface area contributed by atoms with Crippen molar-refractivity contribution in [2.75, 3.05) is 29.9 Å². The number of amides is 2. The summed E-state index contributed by atoms with van der Waals surface area (Å²) in [7, 11) is -3.92. The molecule has 0 saturated carbocycles. The third-order valence-electron chi connectivity index (χ3n) is 7.06. The minimum Gasteiger partial charge on any atom is -0.454 e. The van der Waals surface area contributed by atoms with Gasteiger partial charge in [0.05, 0.1) is 21.5 Å². The maximum absolute atomic E-state index is 14.3. The van der Waals surface area contributed by atoms with Gasteiger partial charge in [-0.3, -0.25) is 13.9 Å². The predicted octanol–water partition coefficient (Wildman–Crippen LogP) is 5.43. The molecule has 0 radical (unpaired) electrons. The van der Waals surface area contributed by atoms with Crippen molar-refractivity contribution in [2.45, 2.75) is 45.7 Å². The van der Waals surface area contributed by atoms with Gasteiger partial charge in [-0.15, -0.1) is 0 Å². The summed E-state index contributed by atoms with van der Waals surface area (Å²) in [4.78, 5) is 29.4. The Morgan fingerprint density at radius 3 is 2.37 bits per heavy atom. The lowest BCUT2D eigenvalue weighted by Gasteiger charge is -2.34. The third-order valence-corrected chi connectivity index (χ3v) is 9.54. The molecule has 2 amide bonds. The van der Waals surface area contributed by atoms with Gasteiger partial charge in [0.2, 0.25) is 28.6 Å². The van der Waals surface area contributed by atoms with Gasteiger partial charge in [0.1, 0.15) is 12.6 Å². The Morgan fingerprint density at radius 2 is 1.67 bits per heavy atom. The van der Waals surface area contributed by atoms with Crippen molar-refractivity contribution in [1.82, 2.24) is 10.2 Å². The Bertz CT molecular complexity index is 1540. The van der Waals surface area contributed by atoms with Crippen LogP contribution in [0, 0.1) is 0 Å². The molecule has 0 aromatic heterocycles. The Balaban J connectivity index is 1.74. The normalized spacial score (nSPS) is 12.9. The first kappa shape index (κ1) is 32.4. The van der Waals surface area contributed by atoms with Gasteiger partial charge in [-0.2, -0.15) is 0 Å². The number of halogens is 2. The number of carbonyl (C=O) groups is 2. The highest BCUT2D eigenvalue weighted by Gasteiger charge is 2.34. The lowest BCUT2D eigenvalue weighted by atomic mass is 10.0. The highest BCUT2D eigenvalue weighted by atomic mass is 35.5. The molecule has 0 bridgehead atoms. The maximum Gasteiger partial charge on any atom is 0.244 e. The first-order valence-corrected chi connectivity index (χ1v) is 16.4. The van der Waals surface area contributed by atoms with E-state index in [1.807, 2.05) is 37.3 Å². The Labute approximate surface area is 262 Å². The summed E-state index contributed by atoms with van der Waals surface area (Å²) in [6, 6.07) is 18.1. The Hall–Kier alpha value is -3.47. The van der Waals surface area contributed by atoms with Crippen molar-refractivity contribution >= 4 is 50.7 Å². The number of hydrogen-bond acceptors (Lipinski definition) is 6. The number of nitrogens with zero attached hydrogens (tertiary/aromatic N) is 2. The van der Waals surface area contributed by atoms with Gasteiger partial charge in [0.15, 0.2) is 11.5 Å². The second kappa shape index (κ2) is 14.8. The standard InChI is InChI=1S/C31H35Cl2N3O6S/c1-3-5-15-34-31(38)27(17-22-9-7-6-8-10-22)35(19-23-11-13-25(32)26(33)16-23)30(37)20-36(43(39,40)4-2)24-12-14-28-29(18-24)42-21-41-28/h6-14,16,18,27H,3-5,15,17,19-21H2,1-2H3,(H,34,38)/t27-/m1/s1. The molecule has 4 rings (SSSR count). The zero-order chi connectivity index (χ0) is 31.0. The van der Waals surface area contributed by atoms with Gasteiger partial charge in [0.25, 0.3) is 0 Å². The number of fused-ring (bicyclic) bond motifs is 1. The summed E-state index contributed by atoms with van der Waals surface area (Å²) < 4.78 is 38.6. The molecule has 0 fully saturated rings. The molecule has 0 unspecified atom stereocenters. The SMILES string of the molecule is CCCCNC(=O)[C@@H](Cc1ccccc1)N(Cc1ccc(Cl)c(Cl)c1)C(=O)CN(c1ccc2c(c1)OCO2)S(=O)(=O)CC. The first-order chi connectivity index (χ1) is 20.6. The molecule has 9 nitrogen and oxygen atoms in total. The Morgan fingerprint density at radius 1 is 0.930 bits per heavy atom. The van der Waals surface area contributed by atoms with Crippen molar-refractivity contribution in [2.24, 2.45) is 0 Å². The highest BCUT2D eigenvalue weighted by molar-refractivity contribution is 7.92. The van der Waals surface area contributed by atoms with E-state index in [0.717, 1.165) is 22.7 Å². The molecule has 1 aliphatic heterocycles. The smallest absolute Gasteiger partial charge is 0.244 e. The minimum atomic E-state index is -3.92. The topological polar surface area (TPSA) is 105 Å². The Kier molecular flexibility index (Phi) is 11.2. The zero-order valence-corrected chi connectivity index (χ0v) is 26.4.